The third kappa shape index (κ3) is 1.62. The Morgan fingerprint density at radius 1 is 0.786 bits per heavy atom. The van der Waals surface area contributed by atoms with Crippen LogP contribution < -0.4 is 0 Å². The normalized spacial score (nSPS) is 13.0. The van der Waals surface area contributed by atoms with E-state index in [4.69, 9.17) is 0 Å². The summed E-state index contributed by atoms with van der Waals surface area (Å²) in [6, 6.07) is 0. The topological polar surface area (TPSA) is 37.3 Å². The van der Waals surface area contributed by atoms with E-state index in [0.717, 1.165) is 22.3 Å². The van der Waals surface area contributed by atoms with Gasteiger partial charge in [0.15, 0.2) is 11.1 Å². The van der Waals surface area contributed by atoms with Crippen LogP contribution in [0, 0.1) is 34.6 Å². The second kappa shape index (κ2) is 3.83. The minimum absolute atomic E-state index is 0.575. The maximum atomic E-state index is 11.2. The van der Waals surface area contributed by atoms with Gasteiger partial charge in [-0.3, -0.25) is 0 Å². The molecule has 1 rings (SSSR count). The van der Waals surface area contributed by atoms with Gasteiger partial charge >= 0.3 is 0 Å². The van der Waals surface area contributed by atoms with Crippen LogP contribution in [-0.4, -0.2) is 8.76 Å². The molecule has 0 aliphatic heterocycles. The van der Waals surface area contributed by atoms with E-state index in [2.05, 4.69) is 6.92 Å². The molecule has 0 aliphatic carbocycles. The second-order valence-electron chi connectivity index (χ2n) is 3.70. The average molecular weight is 212 g/mol. The zero-order valence-electron chi connectivity index (χ0n) is 9.26. The van der Waals surface area contributed by atoms with Crippen molar-refractivity contribution in [1.29, 1.82) is 0 Å². The molecule has 0 fully saturated rings. The standard InChI is InChI=1S/C11H16O2S/c1-6-7(2)9(4)11(14(12)13)10(5)8(6)3/h1-5H3,(H,12,13). The fourth-order valence-corrected chi connectivity index (χ4v) is 2.56. The van der Waals surface area contributed by atoms with Crippen LogP contribution in [0.1, 0.15) is 27.8 Å². The summed E-state index contributed by atoms with van der Waals surface area (Å²) in [7, 11) is 0. The zero-order chi connectivity index (χ0) is 11.0. The molecule has 78 valence electrons. The summed E-state index contributed by atoms with van der Waals surface area (Å²) >= 11 is -1.88. The third-order valence-corrected chi connectivity index (χ3v) is 4.07. The fourth-order valence-electron chi connectivity index (χ4n) is 1.73. The van der Waals surface area contributed by atoms with Crippen molar-refractivity contribution in [2.45, 2.75) is 39.5 Å². The van der Waals surface area contributed by atoms with Crippen LogP contribution in [0.25, 0.3) is 0 Å². The Morgan fingerprint density at radius 3 is 1.36 bits per heavy atom. The number of hydrogen-bond acceptors (Lipinski definition) is 1. The molecule has 1 unspecified atom stereocenters. The van der Waals surface area contributed by atoms with Gasteiger partial charge in [0.25, 0.3) is 0 Å². The molecule has 0 radical (unpaired) electrons. The largest absolute Gasteiger partial charge is 0.302 e. The van der Waals surface area contributed by atoms with E-state index >= 15 is 0 Å². The molecule has 0 heterocycles. The van der Waals surface area contributed by atoms with Crippen LogP contribution in [-0.2, 0) is 11.1 Å². The van der Waals surface area contributed by atoms with Gasteiger partial charge in [0.05, 0.1) is 4.90 Å². The lowest BCUT2D eigenvalue weighted by atomic mass is 9.95. The number of hydrogen-bond donors (Lipinski definition) is 1. The van der Waals surface area contributed by atoms with Crippen molar-refractivity contribution in [3.63, 3.8) is 0 Å². The lowest BCUT2D eigenvalue weighted by Crippen LogP contribution is -2.03. The molecule has 0 aliphatic rings. The lowest BCUT2D eigenvalue weighted by Gasteiger charge is -2.15. The zero-order valence-corrected chi connectivity index (χ0v) is 10.1. The summed E-state index contributed by atoms with van der Waals surface area (Å²) < 4.78 is 20.4. The molecular formula is C11H16O2S. The van der Waals surface area contributed by atoms with Gasteiger partial charge in [0.1, 0.15) is 0 Å². The molecule has 0 bridgehead atoms. The molecule has 1 atom stereocenters. The van der Waals surface area contributed by atoms with Crippen molar-refractivity contribution in [1.82, 2.24) is 0 Å². The van der Waals surface area contributed by atoms with Gasteiger partial charge in [-0.05, 0) is 62.4 Å². The van der Waals surface area contributed by atoms with Crippen LogP contribution in [0.3, 0.4) is 0 Å². The molecule has 0 aromatic heterocycles. The Bertz CT molecular complexity index is 379. The van der Waals surface area contributed by atoms with Gasteiger partial charge in [0.2, 0.25) is 0 Å². The Kier molecular flexibility index (Phi) is 3.12. The fraction of sp³-hybridized carbons (Fsp3) is 0.455. The highest BCUT2D eigenvalue weighted by atomic mass is 32.2. The first-order chi connectivity index (χ1) is 6.37. The summed E-state index contributed by atoms with van der Waals surface area (Å²) in [4.78, 5) is 0.575. The first kappa shape index (κ1) is 11.4. The van der Waals surface area contributed by atoms with Gasteiger partial charge < -0.3 is 4.55 Å². The van der Waals surface area contributed by atoms with Gasteiger partial charge in [-0.1, -0.05) is 0 Å². The minimum Gasteiger partial charge on any atom is -0.302 e. The minimum atomic E-state index is -1.88. The summed E-state index contributed by atoms with van der Waals surface area (Å²) in [5.41, 5.74) is 5.32. The molecule has 0 saturated heterocycles. The summed E-state index contributed by atoms with van der Waals surface area (Å²) in [5.74, 6) is 0. The Hall–Kier alpha value is -0.670. The Labute approximate surface area is 87.6 Å². The SMILES string of the molecule is Cc1c(C)c(C)c(S(=O)O)c(C)c1C. The van der Waals surface area contributed by atoms with Gasteiger partial charge in [-0.15, -0.1) is 0 Å². The van der Waals surface area contributed by atoms with E-state index in [9.17, 15) is 8.76 Å². The van der Waals surface area contributed by atoms with Crippen LogP contribution >= 0.6 is 0 Å². The van der Waals surface area contributed by atoms with E-state index in [1.165, 1.54) is 5.56 Å². The first-order valence-corrected chi connectivity index (χ1v) is 5.66. The molecule has 1 aromatic rings. The summed E-state index contributed by atoms with van der Waals surface area (Å²) in [5, 5.41) is 0. The molecule has 3 heteroatoms. The highest BCUT2D eigenvalue weighted by Gasteiger charge is 2.15. The van der Waals surface area contributed by atoms with Gasteiger partial charge in [-0.2, -0.15) is 0 Å². The lowest BCUT2D eigenvalue weighted by molar-refractivity contribution is 0.562. The Morgan fingerprint density at radius 2 is 1.07 bits per heavy atom. The maximum absolute atomic E-state index is 11.2. The third-order valence-electron chi connectivity index (χ3n) is 3.11. The van der Waals surface area contributed by atoms with Gasteiger partial charge in [-0.25, -0.2) is 4.21 Å². The van der Waals surface area contributed by atoms with Crippen molar-refractivity contribution in [3.8, 4) is 0 Å². The van der Waals surface area contributed by atoms with E-state index in [-0.39, 0.29) is 0 Å². The summed E-state index contributed by atoms with van der Waals surface area (Å²) in [6.07, 6.45) is 0. The van der Waals surface area contributed by atoms with Crippen molar-refractivity contribution < 1.29 is 8.76 Å². The highest BCUT2D eigenvalue weighted by Crippen LogP contribution is 2.27. The van der Waals surface area contributed by atoms with Crippen molar-refractivity contribution >= 4 is 11.1 Å². The average Bonchev–Trinajstić information content (AvgIpc) is 2.11. The molecule has 1 aromatic carbocycles. The van der Waals surface area contributed by atoms with Crippen LogP contribution in [0.15, 0.2) is 4.90 Å². The molecule has 0 saturated carbocycles. The van der Waals surface area contributed by atoms with E-state index in [1.54, 1.807) is 0 Å². The molecule has 0 amide bonds. The second-order valence-corrected chi connectivity index (χ2v) is 4.61. The number of rotatable bonds is 1. The van der Waals surface area contributed by atoms with Gasteiger partial charge in [0, 0.05) is 0 Å². The Balaban J connectivity index is 3.68. The van der Waals surface area contributed by atoms with E-state index in [1.807, 2.05) is 27.7 Å². The molecule has 14 heavy (non-hydrogen) atoms. The molecule has 2 nitrogen and oxygen atoms in total. The van der Waals surface area contributed by atoms with Crippen LogP contribution in [0.2, 0.25) is 0 Å². The maximum Gasteiger partial charge on any atom is 0.187 e. The van der Waals surface area contributed by atoms with E-state index < -0.39 is 11.1 Å². The molecule has 1 N–H and O–H groups in total. The predicted molar refractivity (Wildman–Crippen MR) is 59.2 cm³/mol. The first-order valence-electron chi connectivity index (χ1n) is 4.55. The predicted octanol–water partition coefficient (Wildman–Crippen LogP) is 2.81. The van der Waals surface area contributed by atoms with Crippen molar-refractivity contribution in [2.24, 2.45) is 0 Å². The van der Waals surface area contributed by atoms with Crippen LogP contribution in [0.4, 0.5) is 0 Å². The monoisotopic (exact) mass is 212 g/mol. The quantitative estimate of drug-likeness (QED) is 0.727. The summed E-state index contributed by atoms with van der Waals surface area (Å²) in [6.45, 7) is 9.84. The van der Waals surface area contributed by atoms with Crippen LogP contribution in [0.5, 0.6) is 0 Å². The number of benzene rings is 1. The van der Waals surface area contributed by atoms with Crippen molar-refractivity contribution in [2.75, 3.05) is 0 Å². The molecular weight excluding hydrogens is 196 g/mol. The van der Waals surface area contributed by atoms with E-state index in [0.29, 0.717) is 4.90 Å². The van der Waals surface area contributed by atoms with Crippen molar-refractivity contribution in [3.05, 3.63) is 27.8 Å². The smallest absolute Gasteiger partial charge is 0.187 e. The molecule has 0 spiro atoms. The highest BCUT2D eigenvalue weighted by molar-refractivity contribution is 7.79.